The number of hydrogen-bond donors (Lipinski definition) is 1. The fourth-order valence-electron chi connectivity index (χ4n) is 2.75. The van der Waals surface area contributed by atoms with Crippen molar-refractivity contribution in [1.82, 2.24) is 0 Å². The molecule has 0 saturated heterocycles. The minimum absolute atomic E-state index is 0. The third-order valence-electron chi connectivity index (χ3n) is 4.23. The molecule has 4 heteroatoms. The molecule has 1 aromatic rings. The van der Waals surface area contributed by atoms with Crippen molar-refractivity contribution in [2.45, 2.75) is 77.6 Å². The molecule has 0 bridgehead atoms. The van der Waals surface area contributed by atoms with Crippen LogP contribution in [0.5, 0.6) is 0 Å². The molecule has 0 aromatic heterocycles. The minimum Gasteiger partial charge on any atom is -0.545 e. The number of benzene rings is 1. The van der Waals surface area contributed by atoms with E-state index < -0.39 is 5.97 Å². The van der Waals surface area contributed by atoms with Crippen LogP contribution in [0.15, 0.2) is 24.3 Å². The maximum Gasteiger partial charge on any atom is 1.00 e. The van der Waals surface area contributed by atoms with Crippen LogP contribution in [-0.4, -0.2) is 12.5 Å². The van der Waals surface area contributed by atoms with Crippen molar-refractivity contribution in [3.05, 3.63) is 29.8 Å². The molecule has 0 unspecified atom stereocenters. The number of rotatable bonds is 14. The zero-order valence-electron chi connectivity index (χ0n) is 15.6. The first-order valence-corrected chi connectivity index (χ1v) is 9.29. The second-order valence-corrected chi connectivity index (χ2v) is 6.33. The van der Waals surface area contributed by atoms with Gasteiger partial charge < -0.3 is 15.2 Å². The number of carbonyl (C=O) groups is 1. The largest absolute Gasteiger partial charge is 1.00 e. The molecule has 0 aliphatic rings. The maximum absolute atomic E-state index is 10.7. The van der Waals surface area contributed by atoms with E-state index in [1.807, 2.05) is 0 Å². The molecule has 0 heterocycles. The summed E-state index contributed by atoms with van der Waals surface area (Å²) in [4.78, 5) is 10.7. The Hall–Kier alpha value is -0.510. The molecule has 0 radical (unpaired) electrons. The molecule has 3 nitrogen and oxygen atoms in total. The van der Waals surface area contributed by atoms with Crippen LogP contribution in [-0.2, 0) is 0 Å². The van der Waals surface area contributed by atoms with Gasteiger partial charge in [0.05, 0.1) is 5.97 Å². The summed E-state index contributed by atoms with van der Waals surface area (Å²) in [5, 5.41) is 14.0. The Bertz CT molecular complexity index is 420. The van der Waals surface area contributed by atoms with E-state index in [2.05, 4.69) is 12.2 Å². The van der Waals surface area contributed by atoms with Gasteiger partial charge in [-0.25, -0.2) is 0 Å². The predicted molar refractivity (Wildman–Crippen MR) is 95.7 cm³/mol. The molecule has 0 spiro atoms. The van der Waals surface area contributed by atoms with Crippen molar-refractivity contribution in [2.75, 3.05) is 11.9 Å². The van der Waals surface area contributed by atoms with Gasteiger partial charge in [-0.3, -0.25) is 0 Å². The van der Waals surface area contributed by atoms with E-state index in [1.165, 1.54) is 70.6 Å². The predicted octanol–water partition coefficient (Wildman–Crippen LogP) is 1.78. The SMILES string of the molecule is CCCCCCCCCCCCCNc1ccc(C(=O)[O-])cc1.[Na+]. The van der Waals surface area contributed by atoms with Gasteiger partial charge in [0, 0.05) is 12.2 Å². The molecule has 1 rings (SSSR count). The van der Waals surface area contributed by atoms with E-state index in [9.17, 15) is 9.90 Å². The van der Waals surface area contributed by atoms with Gasteiger partial charge in [0.2, 0.25) is 0 Å². The second kappa shape index (κ2) is 16.0. The third kappa shape index (κ3) is 11.9. The maximum atomic E-state index is 10.7. The minimum atomic E-state index is -1.12. The van der Waals surface area contributed by atoms with E-state index in [1.54, 1.807) is 24.3 Å². The summed E-state index contributed by atoms with van der Waals surface area (Å²) < 4.78 is 0. The summed E-state index contributed by atoms with van der Waals surface area (Å²) in [6.07, 6.45) is 14.8. The first kappa shape index (κ1) is 23.5. The van der Waals surface area contributed by atoms with E-state index in [0.29, 0.717) is 0 Å². The summed E-state index contributed by atoms with van der Waals surface area (Å²) in [5.41, 5.74) is 1.20. The monoisotopic (exact) mass is 341 g/mol. The summed E-state index contributed by atoms with van der Waals surface area (Å²) in [6, 6.07) is 6.75. The van der Waals surface area contributed by atoms with Crippen LogP contribution in [0.1, 0.15) is 87.9 Å². The van der Waals surface area contributed by atoms with Gasteiger partial charge in [-0.2, -0.15) is 0 Å². The zero-order valence-corrected chi connectivity index (χ0v) is 17.6. The van der Waals surface area contributed by atoms with Crippen molar-refractivity contribution in [3.63, 3.8) is 0 Å². The summed E-state index contributed by atoms with van der Waals surface area (Å²) in [7, 11) is 0. The summed E-state index contributed by atoms with van der Waals surface area (Å²) in [5.74, 6) is -1.12. The van der Waals surface area contributed by atoms with Crippen LogP contribution >= 0.6 is 0 Å². The number of nitrogens with one attached hydrogen (secondary N) is 1. The van der Waals surface area contributed by atoms with Crippen LogP contribution in [0.4, 0.5) is 5.69 Å². The standard InChI is InChI=1S/C20H33NO2.Na/c1-2-3-4-5-6-7-8-9-10-11-12-17-21-19-15-13-18(14-16-19)20(22)23;/h13-16,21H,2-12,17H2,1H3,(H,22,23);/q;+1/p-1. The van der Waals surface area contributed by atoms with Gasteiger partial charge in [0.15, 0.2) is 0 Å². The molecular formula is C20H32NNaO2. The first-order chi connectivity index (χ1) is 11.2. The van der Waals surface area contributed by atoms with Crippen LogP contribution in [0.25, 0.3) is 0 Å². The van der Waals surface area contributed by atoms with Gasteiger partial charge in [0.25, 0.3) is 0 Å². The Morgan fingerprint density at radius 3 is 1.75 bits per heavy atom. The number of unbranched alkanes of at least 4 members (excludes halogenated alkanes) is 10. The Labute approximate surface area is 169 Å². The van der Waals surface area contributed by atoms with Gasteiger partial charge in [-0.15, -0.1) is 0 Å². The Balaban J connectivity index is 0.00000529. The molecule has 0 aliphatic heterocycles. The van der Waals surface area contributed by atoms with Gasteiger partial charge in [-0.1, -0.05) is 83.3 Å². The van der Waals surface area contributed by atoms with Gasteiger partial charge >= 0.3 is 29.6 Å². The number of hydrogen-bond acceptors (Lipinski definition) is 3. The molecule has 0 fully saturated rings. The van der Waals surface area contributed by atoms with Crippen molar-refractivity contribution in [2.24, 2.45) is 0 Å². The van der Waals surface area contributed by atoms with Gasteiger partial charge in [-0.05, 0) is 24.1 Å². The van der Waals surface area contributed by atoms with Gasteiger partial charge in [0.1, 0.15) is 0 Å². The fraction of sp³-hybridized carbons (Fsp3) is 0.650. The van der Waals surface area contributed by atoms with Crippen molar-refractivity contribution < 1.29 is 39.5 Å². The van der Waals surface area contributed by atoms with Crippen LogP contribution in [0.3, 0.4) is 0 Å². The molecular weight excluding hydrogens is 309 g/mol. The normalized spacial score (nSPS) is 10.2. The molecule has 24 heavy (non-hydrogen) atoms. The van der Waals surface area contributed by atoms with E-state index in [4.69, 9.17) is 0 Å². The number of aromatic carboxylic acids is 1. The average Bonchev–Trinajstić information content (AvgIpc) is 2.56. The molecule has 0 saturated carbocycles. The quantitative estimate of drug-likeness (QED) is 0.414. The van der Waals surface area contributed by atoms with Crippen LogP contribution < -0.4 is 40.0 Å². The smallest absolute Gasteiger partial charge is 0.545 e. The first-order valence-electron chi connectivity index (χ1n) is 9.29. The number of anilines is 1. The van der Waals surface area contributed by atoms with Crippen molar-refractivity contribution >= 4 is 11.7 Å². The molecule has 0 amide bonds. The topological polar surface area (TPSA) is 52.2 Å². The van der Waals surface area contributed by atoms with Crippen LogP contribution in [0.2, 0.25) is 0 Å². The summed E-state index contributed by atoms with van der Waals surface area (Å²) >= 11 is 0. The fourth-order valence-corrected chi connectivity index (χ4v) is 2.75. The van der Waals surface area contributed by atoms with E-state index in [0.717, 1.165) is 12.2 Å². The number of carboxylic acids is 1. The van der Waals surface area contributed by atoms with Crippen LogP contribution in [0, 0.1) is 0 Å². The molecule has 0 aliphatic carbocycles. The molecule has 130 valence electrons. The number of carbonyl (C=O) groups excluding carboxylic acids is 1. The summed E-state index contributed by atoms with van der Waals surface area (Å²) in [6.45, 7) is 3.21. The Kier molecular flexibility index (Phi) is 15.6. The molecule has 1 aromatic carbocycles. The second-order valence-electron chi connectivity index (χ2n) is 6.33. The number of carboxylic acid groups (broad SMARTS) is 1. The molecule has 1 N–H and O–H groups in total. The third-order valence-corrected chi connectivity index (χ3v) is 4.23. The van der Waals surface area contributed by atoms with Crippen molar-refractivity contribution in [1.29, 1.82) is 0 Å². The Morgan fingerprint density at radius 2 is 1.29 bits per heavy atom. The molecule has 0 atom stereocenters. The zero-order chi connectivity index (χ0) is 16.8. The van der Waals surface area contributed by atoms with E-state index >= 15 is 0 Å². The van der Waals surface area contributed by atoms with Crippen molar-refractivity contribution in [3.8, 4) is 0 Å². The average molecular weight is 341 g/mol. The Morgan fingerprint density at radius 1 is 0.833 bits per heavy atom. The van der Waals surface area contributed by atoms with E-state index in [-0.39, 0.29) is 35.1 Å².